The van der Waals surface area contributed by atoms with Gasteiger partial charge in [-0.15, -0.1) is 0 Å². The van der Waals surface area contributed by atoms with Gasteiger partial charge in [0.15, 0.2) is 0 Å². The van der Waals surface area contributed by atoms with Gasteiger partial charge in [-0.25, -0.2) is 0 Å². The summed E-state index contributed by atoms with van der Waals surface area (Å²) in [5.41, 5.74) is 0.256. The van der Waals surface area contributed by atoms with Gasteiger partial charge in [-0.1, -0.05) is 6.92 Å². The minimum Gasteiger partial charge on any atom is -0.311 e. The number of likely N-dealkylation sites (tertiary alicyclic amines) is 1. The van der Waals surface area contributed by atoms with Crippen molar-refractivity contribution in [2.24, 2.45) is 0 Å². The first-order valence-corrected chi connectivity index (χ1v) is 8.25. The van der Waals surface area contributed by atoms with Crippen LogP contribution in [0, 0.1) is 0 Å². The van der Waals surface area contributed by atoms with Crippen LogP contribution in [0.15, 0.2) is 0 Å². The third kappa shape index (κ3) is 6.68. The van der Waals surface area contributed by atoms with Crippen LogP contribution < -0.4 is 5.32 Å². The Hall–Kier alpha value is 0.270. The highest BCUT2D eigenvalue weighted by molar-refractivity contribution is 7.99. The van der Waals surface area contributed by atoms with E-state index in [0.717, 1.165) is 12.6 Å². The first-order valence-electron chi connectivity index (χ1n) is 7.10. The van der Waals surface area contributed by atoms with E-state index in [2.05, 4.69) is 49.7 Å². The average molecular weight is 258 g/mol. The lowest BCUT2D eigenvalue weighted by Crippen LogP contribution is -2.45. The summed E-state index contributed by atoms with van der Waals surface area (Å²) in [6.07, 6.45) is 4.12. The van der Waals surface area contributed by atoms with Crippen molar-refractivity contribution in [1.82, 2.24) is 10.2 Å². The lowest BCUT2D eigenvalue weighted by atomic mass is 10.1. The Morgan fingerprint density at radius 2 is 2.12 bits per heavy atom. The molecule has 1 N–H and O–H groups in total. The van der Waals surface area contributed by atoms with Crippen LogP contribution in [0.1, 0.15) is 47.0 Å². The molecule has 0 radical (unpaired) electrons. The van der Waals surface area contributed by atoms with Gasteiger partial charge in [-0.2, -0.15) is 11.8 Å². The van der Waals surface area contributed by atoms with E-state index >= 15 is 0 Å². The van der Waals surface area contributed by atoms with Crippen molar-refractivity contribution in [2.75, 3.05) is 31.1 Å². The molecule has 1 aliphatic heterocycles. The van der Waals surface area contributed by atoms with E-state index in [4.69, 9.17) is 0 Å². The topological polar surface area (TPSA) is 15.3 Å². The van der Waals surface area contributed by atoms with Gasteiger partial charge in [0.1, 0.15) is 0 Å². The first kappa shape index (κ1) is 15.3. The molecule has 1 saturated heterocycles. The molecule has 0 bridgehead atoms. The Bertz CT molecular complexity index is 201. The van der Waals surface area contributed by atoms with E-state index in [1.165, 1.54) is 43.9 Å². The summed E-state index contributed by atoms with van der Waals surface area (Å²) in [6.45, 7) is 12.8. The summed E-state index contributed by atoms with van der Waals surface area (Å²) < 4.78 is 0. The lowest BCUT2D eigenvalue weighted by molar-refractivity contribution is 0.234. The predicted molar refractivity (Wildman–Crippen MR) is 80.0 cm³/mol. The summed E-state index contributed by atoms with van der Waals surface area (Å²) in [7, 11) is 0. The summed E-state index contributed by atoms with van der Waals surface area (Å²) in [4.78, 5) is 2.69. The summed E-state index contributed by atoms with van der Waals surface area (Å²) >= 11 is 2.07. The molecule has 1 heterocycles. The zero-order valence-corrected chi connectivity index (χ0v) is 12.9. The van der Waals surface area contributed by atoms with E-state index in [9.17, 15) is 0 Å². The van der Waals surface area contributed by atoms with E-state index < -0.39 is 0 Å². The van der Waals surface area contributed by atoms with Gasteiger partial charge in [0.05, 0.1) is 0 Å². The van der Waals surface area contributed by atoms with Crippen LogP contribution in [0.25, 0.3) is 0 Å². The van der Waals surface area contributed by atoms with Crippen molar-refractivity contribution in [2.45, 2.75) is 58.5 Å². The van der Waals surface area contributed by atoms with Crippen molar-refractivity contribution >= 4 is 11.8 Å². The number of thioether (sulfide) groups is 1. The van der Waals surface area contributed by atoms with Crippen LogP contribution in [0.4, 0.5) is 0 Å². The molecule has 0 aromatic carbocycles. The van der Waals surface area contributed by atoms with Crippen LogP contribution in [-0.4, -0.2) is 47.6 Å². The number of nitrogens with zero attached hydrogens (tertiary/aromatic N) is 1. The third-order valence-corrected chi connectivity index (χ3v) is 4.29. The molecule has 0 spiro atoms. The van der Waals surface area contributed by atoms with Crippen LogP contribution in [0.5, 0.6) is 0 Å². The first-order chi connectivity index (χ1) is 8.03. The van der Waals surface area contributed by atoms with Gasteiger partial charge >= 0.3 is 0 Å². The lowest BCUT2D eigenvalue weighted by Gasteiger charge is -2.29. The zero-order chi connectivity index (χ0) is 12.7. The highest BCUT2D eigenvalue weighted by Crippen LogP contribution is 2.18. The molecule has 0 amide bonds. The summed E-state index contributed by atoms with van der Waals surface area (Å²) in [6, 6.07) is 0.779. The van der Waals surface area contributed by atoms with Crippen molar-refractivity contribution in [3.8, 4) is 0 Å². The molecule has 1 rings (SSSR count). The van der Waals surface area contributed by atoms with E-state index in [1.807, 2.05) is 0 Å². The second-order valence-corrected chi connectivity index (χ2v) is 7.41. The van der Waals surface area contributed by atoms with Crippen LogP contribution >= 0.6 is 11.8 Å². The number of rotatable bonds is 7. The molecule has 1 fully saturated rings. The minimum absolute atomic E-state index is 0.256. The molecule has 0 aliphatic carbocycles. The third-order valence-electron chi connectivity index (χ3n) is 3.31. The highest BCUT2D eigenvalue weighted by Gasteiger charge is 2.24. The highest BCUT2D eigenvalue weighted by atomic mass is 32.2. The molecule has 1 atom stereocenters. The minimum atomic E-state index is 0.256. The molecule has 17 heavy (non-hydrogen) atoms. The molecule has 0 saturated carbocycles. The molecule has 102 valence electrons. The second kappa shape index (κ2) is 7.65. The Kier molecular flexibility index (Phi) is 6.90. The fourth-order valence-corrected chi connectivity index (χ4v) is 2.98. The van der Waals surface area contributed by atoms with Gasteiger partial charge in [0.25, 0.3) is 0 Å². The number of hydrogen-bond acceptors (Lipinski definition) is 3. The fraction of sp³-hybridized carbons (Fsp3) is 1.00. The van der Waals surface area contributed by atoms with Gasteiger partial charge in [0, 0.05) is 18.1 Å². The van der Waals surface area contributed by atoms with Crippen molar-refractivity contribution < 1.29 is 0 Å². The van der Waals surface area contributed by atoms with Crippen LogP contribution in [0.3, 0.4) is 0 Å². The molecule has 1 aliphatic rings. The monoisotopic (exact) mass is 258 g/mol. The Labute approximate surface area is 112 Å². The standard InChI is InChI=1S/C14H30N2S/c1-5-17-11-7-10-16-9-6-8-13(16)12-15-14(2,3)4/h13,15H,5-12H2,1-4H3. The largest absolute Gasteiger partial charge is 0.311 e. The van der Waals surface area contributed by atoms with Crippen molar-refractivity contribution in [3.63, 3.8) is 0 Å². The Morgan fingerprint density at radius 3 is 2.76 bits per heavy atom. The van der Waals surface area contributed by atoms with Gasteiger partial charge < -0.3 is 5.32 Å². The van der Waals surface area contributed by atoms with E-state index in [0.29, 0.717) is 0 Å². The number of nitrogens with one attached hydrogen (secondary N) is 1. The smallest absolute Gasteiger partial charge is 0.0221 e. The quantitative estimate of drug-likeness (QED) is 0.707. The molecule has 2 nitrogen and oxygen atoms in total. The van der Waals surface area contributed by atoms with E-state index in [1.54, 1.807) is 0 Å². The maximum absolute atomic E-state index is 3.65. The average Bonchev–Trinajstić information content (AvgIpc) is 2.68. The molecule has 0 aromatic rings. The second-order valence-electron chi connectivity index (χ2n) is 6.01. The molecular weight excluding hydrogens is 228 g/mol. The summed E-state index contributed by atoms with van der Waals surface area (Å²) in [5.74, 6) is 2.58. The maximum atomic E-state index is 3.65. The van der Waals surface area contributed by atoms with Gasteiger partial charge in [-0.05, 0) is 64.6 Å². The molecular formula is C14H30N2S. The summed E-state index contributed by atoms with van der Waals surface area (Å²) in [5, 5.41) is 3.65. The maximum Gasteiger partial charge on any atom is 0.0221 e. The van der Waals surface area contributed by atoms with Gasteiger partial charge in [-0.3, -0.25) is 4.90 Å². The predicted octanol–water partition coefficient (Wildman–Crippen LogP) is 2.98. The fourth-order valence-electron chi connectivity index (χ4n) is 2.36. The zero-order valence-electron chi connectivity index (χ0n) is 12.1. The molecule has 1 unspecified atom stereocenters. The Balaban J connectivity index is 2.19. The molecule has 3 heteroatoms. The number of hydrogen-bond donors (Lipinski definition) is 1. The molecule has 0 aromatic heterocycles. The Morgan fingerprint density at radius 1 is 1.35 bits per heavy atom. The van der Waals surface area contributed by atoms with Crippen molar-refractivity contribution in [1.29, 1.82) is 0 Å². The normalized spacial score (nSPS) is 22.2. The van der Waals surface area contributed by atoms with Crippen LogP contribution in [0.2, 0.25) is 0 Å². The van der Waals surface area contributed by atoms with Crippen molar-refractivity contribution in [3.05, 3.63) is 0 Å². The van der Waals surface area contributed by atoms with E-state index in [-0.39, 0.29) is 5.54 Å². The SMILES string of the molecule is CCSCCCN1CCCC1CNC(C)(C)C. The van der Waals surface area contributed by atoms with Crippen LogP contribution in [-0.2, 0) is 0 Å². The van der Waals surface area contributed by atoms with Gasteiger partial charge in [0.2, 0.25) is 0 Å².